The predicted octanol–water partition coefficient (Wildman–Crippen LogP) is 6.19. The fourth-order valence-corrected chi connectivity index (χ4v) is 1.30. The van der Waals surface area contributed by atoms with Crippen LogP contribution in [0.4, 0.5) is 0 Å². The molecule has 0 saturated heterocycles. The van der Waals surface area contributed by atoms with Crippen molar-refractivity contribution in [1.82, 2.24) is 0 Å². The average molecular weight is 244 g/mol. The van der Waals surface area contributed by atoms with E-state index in [-0.39, 0.29) is 0 Å². The lowest BCUT2D eigenvalue weighted by Gasteiger charge is -2.02. The molecule has 1 rings (SSSR count). The summed E-state index contributed by atoms with van der Waals surface area (Å²) in [6, 6.07) is 8.50. The van der Waals surface area contributed by atoms with E-state index in [1.165, 1.54) is 16.7 Å². The molecule has 0 radical (unpaired) electrons. The number of aryl methyl sites for hydroxylation is 1. The number of hydrogen-bond donors (Lipinski definition) is 0. The van der Waals surface area contributed by atoms with E-state index in [1.807, 2.05) is 52.8 Å². The highest BCUT2D eigenvalue weighted by molar-refractivity contribution is 5.75. The first-order valence-electron chi connectivity index (χ1n) is 6.80. The van der Waals surface area contributed by atoms with Crippen LogP contribution < -0.4 is 0 Å². The summed E-state index contributed by atoms with van der Waals surface area (Å²) < 4.78 is 0. The van der Waals surface area contributed by atoms with Gasteiger partial charge in [0.15, 0.2) is 0 Å². The minimum atomic E-state index is 1.20. The van der Waals surface area contributed by atoms with Crippen LogP contribution in [0.25, 0.3) is 5.57 Å². The molecule has 100 valence electrons. The molecule has 0 nitrogen and oxygen atoms in total. The maximum Gasteiger partial charge on any atom is -0.0184 e. The lowest BCUT2D eigenvalue weighted by Crippen LogP contribution is -1.80. The monoisotopic (exact) mass is 244 g/mol. The van der Waals surface area contributed by atoms with E-state index in [0.29, 0.717) is 0 Å². The first-order valence-corrected chi connectivity index (χ1v) is 6.80. The van der Waals surface area contributed by atoms with Gasteiger partial charge in [0.2, 0.25) is 0 Å². The molecule has 0 atom stereocenters. The summed E-state index contributed by atoms with van der Waals surface area (Å²) in [7, 11) is 0. The highest BCUT2D eigenvalue weighted by atomic mass is 14.0. The molecule has 1 aromatic rings. The Bertz CT molecular complexity index is 350. The number of hydrogen-bond acceptors (Lipinski definition) is 0. The van der Waals surface area contributed by atoms with Crippen LogP contribution in [0.15, 0.2) is 55.1 Å². The van der Waals surface area contributed by atoms with Crippen LogP contribution in [0, 0.1) is 6.92 Å². The minimum Gasteiger partial charge on any atom is -0.0990 e. The highest BCUT2D eigenvalue weighted by Gasteiger charge is 1.95. The fourth-order valence-electron chi connectivity index (χ4n) is 1.30. The van der Waals surface area contributed by atoms with Gasteiger partial charge in [0.1, 0.15) is 0 Å². The Morgan fingerprint density at radius 1 is 1.00 bits per heavy atom. The van der Waals surface area contributed by atoms with E-state index < -0.39 is 0 Å². The van der Waals surface area contributed by atoms with Gasteiger partial charge in [0.05, 0.1) is 0 Å². The Morgan fingerprint density at radius 3 is 1.89 bits per heavy atom. The lowest BCUT2D eigenvalue weighted by molar-refractivity contribution is 1.45. The first-order chi connectivity index (χ1) is 8.77. The summed E-state index contributed by atoms with van der Waals surface area (Å²) in [6.07, 6.45) is 7.96. The van der Waals surface area contributed by atoms with E-state index in [0.717, 1.165) is 0 Å². The molecular formula is C18H28. The normalized spacial score (nSPS) is 10.0. The van der Waals surface area contributed by atoms with Gasteiger partial charge in [-0.15, -0.1) is 0 Å². The molecule has 0 saturated carbocycles. The molecular weight excluding hydrogens is 216 g/mol. The summed E-state index contributed by atoms with van der Waals surface area (Å²) in [5.74, 6) is 0. The van der Waals surface area contributed by atoms with E-state index >= 15 is 0 Å². The zero-order valence-corrected chi connectivity index (χ0v) is 12.8. The number of rotatable bonds is 3. The van der Waals surface area contributed by atoms with Crippen molar-refractivity contribution in [3.05, 3.63) is 66.3 Å². The zero-order valence-electron chi connectivity index (χ0n) is 12.8. The Kier molecular flexibility index (Phi) is 14.1. The van der Waals surface area contributed by atoms with Crippen molar-refractivity contribution in [1.29, 1.82) is 0 Å². The van der Waals surface area contributed by atoms with E-state index in [4.69, 9.17) is 0 Å². The molecule has 0 heterocycles. The molecule has 0 heteroatoms. The van der Waals surface area contributed by atoms with Crippen molar-refractivity contribution in [2.75, 3.05) is 0 Å². The molecule has 0 aromatic heterocycles. The van der Waals surface area contributed by atoms with Crippen molar-refractivity contribution < 1.29 is 0 Å². The Morgan fingerprint density at radius 2 is 1.50 bits per heavy atom. The van der Waals surface area contributed by atoms with Crippen LogP contribution in [0.5, 0.6) is 0 Å². The summed E-state index contributed by atoms with van der Waals surface area (Å²) in [5.41, 5.74) is 3.71. The second-order valence-corrected chi connectivity index (χ2v) is 3.22. The molecule has 0 aliphatic heterocycles. The molecule has 0 aliphatic rings. The molecule has 18 heavy (non-hydrogen) atoms. The Hall–Kier alpha value is -1.56. The molecule has 0 aliphatic carbocycles. The second kappa shape index (κ2) is 13.5. The van der Waals surface area contributed by atoms with Gasteiger partial charge >= 0.3 is 0 Å². The van der Waals surface area contributed by atoms with Crippen molar-refractivity contribution in [2.45, 2.75) is 41.5 Å². The molecule has 1 aromatic carbocycles. The summed E-state index contributed by atoms with van der Waals surface area (Å²) in [6.45, 7) is 15.8. The maximum absolute atomic E-state index is 3.72. The molecule has 0 amide bonds. The minimum absolute atomic E-state index is 1.20. The molecule has 0 bridgehead atoms. The van der Waals surface area contributed by atoms with Crippen molar-refractivity contribution in [3.63, 3.8) is 0 Å². The van der Waals surface area contributed by atoms with Gasteiger partial charge in [-0.25, -0.2) is 0 Å². The zero-order chi connectivity index (χ0) is 14.4. The number of benzene rings is 1. The van der Waals surface area contributed by atoms with Crippen LogP contribution >= 0.6 is 0 Å². The first kappa shape index (κ1) is 18.8. The maximum atomic E-state index is 3.72. The standard InChI is InChI=1S/C14H16.2C2H6/c1-4-6-13(7-5-2)14-10-8-12(3)9-11-14;2*1-2/h4-11H,1H2,2-3H3;2*1-2H3/b7-5-,13-6+;;. The van der Waals surface area contributed by atoms with Gasteiger partial charge in [0, 0.05) is 0 Å². The predicted molar refractivity (Wildman–Crippen MR) is 86.9 cm³/mol. The molecule has 0 unspecified atom stereocenters. The van der Waals surface area contributed by atoms with E-state index in [1.54, 1.807) is 0 Å². The topological polar surface area (TPSA) is 0 Å². The summed E-state index contributed by atoms with van der Waals surface area (Å²) >= 11 is 0. The smallest absolute Gasteiger partial charge is 0.0184 e. The van der Waals surface area contributed by atoms with Crippen LogP contribution in [0.3, 0.4) is 0 Å². The molecule has 0 spiro atoms. The SMILES string of the molecule is C=C/C=C(\C=C/C)c1ccc(C)cc1.CC.CC. The van der Waals surface area contributed by atoms with Gasteiger partial charge in [-0.2, -0.15) is 0 Å². The highest BCUT2D eigenvalue weighted by Crippen LogP contribution is 2.16. The largest absolute Gasteiger partial charge is 0.0990 e. The second-order valence-electron chi connectivity index (χ2n) is 3.22. The number of allylic oxidation sites excluding steroid dienone is 5. The molecule has 0 N–H and O–H groups in total. The molecule has 0 fully saturated rings. The summed E-state index contributed by atoms with van der Waals surface area (Å²) in [5, 5.41) is 0. The average Bonchev–Trinajstić information content (AvgIpc) is 2.44. The van der Waals surface area contributed by atoms with Crippen LogP contribution in [0.2, 0.25) is 0 Å². The quantitative estimate of drug-likeness (QED) is 0.556. The third-order valence-corrected chi connectivity index (χ3v) is 2.03. The fraction of sp³-hybridized carbons (Fsp3) is 0.333. The van der Waals surface area contributed by atoms with E-state index in [2.05, 4.69) is 43.8 Å². The Labute approximate surface area is 114 Å². The van der Waals surface area contributed by atoms with Gasteiger partial charge in [-0.05, 0) is 25.0 Å². The summed E-state index contributed by atoms with van der Waals surface area (Å²) in [4.78, 5) is 0. The van der Waals surface area contributed by atoms with Crippen molar-refractivity contribution in [3.8, 4) is 0 Å². The van der Waals surface area contributed by atoms with Gasteiger partial charge in [-0.1, -0.05) is 88.4 Å². The van der Waals surface area contributed by atoms with Gasteiger partial charge in [-0.3, -0.25) is 0 Å². The third kappa shape index (κ3) is 7.67. The van der Waals surface area contributed by atoms with Crippen molar-refractivity contribution in [2.24, 2.45) is 0 Å². The van der Waals surface area contributed by atoms with Gasteiger partial charge < -0.3 is 0 Å². The Balaban J connectivity index is 0. The van der Waals surface area contributed by atoms with Gasteiger partial charge in [0.25, 0.3) is 0 Å². The van der Waals surface area contributed by atoms with Crippen LogP contribution in [-0.4, -0.2) is 0 Å². The van der Waals surface area contributed by atoms with Crippen molar-refractivity contribution >= 4 is 5.57 Å². The lowest BCUT2D eigenvalue weighted by atomic mass is 10.0. The van der Waals surface area contributed by atoms with Crippen LogP contribution in [0.1, 0.15) is 45.7 Å². The van der Waals surface area contributed by atoms with E-state index in [9.17, 15) is 0 Å². The van der Waals surface area contributed by atoms with Crippen LogP contribution in [-0.2, 0) is 0 Å². The third-order valence-electron chi connectivity index (χ3n) is 2.03.